The van der Waals surface area contributed by atoms with Crippen LogP contribution in [0, 0.1) is 17.6 Å². The third kappa shape index (κ3) is 4.00. The summed E-state index contributed by atoms with van der Waals surface area (Å²) in [7, 11) is 0. The lowest BCUT2D eigenvalue weighted by atomic mass is 10.1. The van der Waals surface area contributed by atoms with E-state index in [0.29, 0.717) is 18.0 Å². The molecule has 1 atom stereocenters. The quantitative estimate of drug-likeness (QED) is 0.818. The number of halogens is 2. The van der Waals surface area contributed by atoms with Crippen LogP contribution in [0.25, 0.3) is 0 Å². The van der Waals surface area contributed by atoms with E-state index in [1.54, 1.807) is 4.90 Å². The molecule has 3 nitrogen and oxygen atoms in total. The first kappa shape index (κ1) is 15.9. The van der Waals surface area contributed by atoms with E-state index in [1.807, 2.05) is 0 Å². The lowest BCUT2D eigenvalue weighted by Crippen LogP contribution is -2.31. The molecule has 0 aliphatic carbocycles. The predicted molar refractivity (Wildman–Crippen MR) is 77.5 cm³/mol. The number of carbonyl (C=O) groups excluding carboxylic acids is 1. The fourth-order valence-corrected chi connectivity index (χ4v) is 2.63. The highest BCUT2D eigenvalue weighted by molar-refractivity contribution is 5.80. The van der Waals surface area contributed by atoms with Crippen molar-refractivity contribution < 1.29 is 13.6 Å². The lowest BCUT2D eigenvalue weighted by Gasteiger charge is -2.25. The van der Waals surface area contributed by atoms with Gasteiger partial charge < -0.3 is 4.90 Å². The van der Waals surface area contributed by atoms with E-state index in [-0.39, 0.29) is 12.5 Å². The maximum absolute atomic E-state index is 13.9. The highest BCUT2D eigenvalue weighted by Crippen LogP contribution is 2.26. The molecule has 0 radical (unpaired) electrons. The molecule has 0 spiro atoms. The Bertz CT molecular complexity index is 505. The van der Waals surface area contributed by atoms with Gasteiger partial charge in [-0.05, 0) is 24.5 Å². The molecule has 1 aromatic rings. The summed E-state index contributed by atoms with van der Waals surface area (Å²) in [6.07, 6.45) is 2.56. The van der Waals surface area contributed by atoms with Gasteiger partial charge in [0, 0.05) is 18.2 Å². The van der Waals surface area contributed by atoms with Gasteiger partial charge in [0.05, 0.1) is 6.54 Å². The zero-order chi connectivity index (χ0) is 15.4. The van der Waals surface area contributed by atoms with Crippen molar-refractivity contribution in [2.24, 2.45) is 5.92 Å². The minimum atomic E-state index is -0.616. The number of carbonyl (C=O) groups is 1. The molecule has 1 aliphatic rings. The fraction of sp³-hybridized carbons (Fsp3) is 0.562. The summed E-state index contributed by atoms with van der Waals surface area (Å²) >= 11 is 0. The van der Waals surface area contributed by atoms with Crippen molar-refractivity contribution >= 4 is 5.91 Å². The molecule has 0 saturated carbocycles. The van der Waals surface area contributed by atoms with Gasteiger partial charge in [-0.1, -0.05) is 26.7 Å². The second kappa shape index (κ2) is 6.98. The van der Waals surface area contributed by atoms with Gasteiger partial charge >= 0.3 is 0 Å². The molecule has 5 heteroatoms. The van der Waals surface area contributed by atoms with Crippen molar-refractivity contribution in [3.8, 4) is 0 Å². The summed E-state index contributed by atoms with van der Waals surface area (Å²) in [5.41, 5.74) is 0.325. The van der Waals surface area contributed by atoms with Crippen LogP contribution in [-0.2, 0) is 4.79 Å². The van der Waals surface area contributed by atoms with Crippen molar-refractivity contribution in [3.05, 3.63) is 35.4 Å². The zero-order valence-corrected chi connectivity index (χ0v) is 12.5. The van der Waals surface area contributed by atoms with Crippen molar-refractivity contribution in [2.45, 2.75) is 39.3 Å². The molecule has 1 aromatic carbocycles. The number of benzene rings is 1. The number of nitrogens with one attached hydrogen (secondary N) is 1. The lowest BCUT2D eigenvalue weighted by molar-refractivity contribution is -0.128. The third-order valence-corrected chi connectivity index (χ3v) is 3.77. The van der Waals surface area contributed by atoms with Crippen LogP contribution < -0.4 is 5.32 Å². The molecule has 1 unspecified atom stereocenters. The van der Waals surface area contributed by atoms with Gasteiger partial charge in [-0.2, -0.15) is 0 Å². The molecular formula is C16H22F2N2O. The average Bonchev–Trinajstić information content (AvgIpc) is 2.76. The number of rotatable bonds is 6. The molecule has 1 amide bonds. The Morgan fingerprint density at radius 1 is 1.33 bits per heavy atom. The van der Waals surface area contributed by atoms with Crippen LogP contribution in [0.5, 0.6) is 0 Å². The molecule has 1 heterocycles. The Morgan fingerprint density at radius 3 is 2.76 bits per heavy atom. The fourth-order valence-electron chi connectivity index (χ4n) is 2.63. The number of hydrogen-bond donors (Lipinski definition) is 1. The van der Waals surface area contributed by atoms with Gasteiger partial charge in [0.2, 0.25) is 5.91 Å². The van der Waals surface area contributed by atoms with E-state index in [9.17, 15) is 13.6 Å². The van der Waals surface area contributed by atoms with Crippen LogP contribution in [0.1, 0.15) is 44.8 Å². The molecular weight excluding hydrogens is 274 g/mol. The van der Waals surface area contributed by atoms with Crippen LogP contribution in [0.2, 0.25) is 0 Å². The van der Waals surface area contributed by atoms with Gasteiger partial charge in [-0.25, -0.2) is 8.78 Å². The van der Waals surface area contributed by atoms with E-state index in [2.05, 4.69) is 19.2 Å². The van der Waals surface area contributed by atoms with E-state index in [1.165, 1.54) is 12.1 Å². The van der Waals surface area contributed by atoms with Crippen LogP contribution in [0.3, 0.4) is 0 Å². The number of nitrogens with zero attached hydrogens (tertiary/aromatic N) is 1. The van der Waals surface area contributed by atoms with E-state index in [0.717, 1.165) is 25.3 Å². The van der Waals surface area contributed by atoms with Gasteiger partial charge in [-0.3, -0.25) is 10.1 Å². The largest absolute Gasteiger partial charge is 0.322 e. The Kier molecular flexibility index (Phi) is 5.28. The monoisotopic (exact) mass is 296 g/mol. The second-order valence-electron chi connectivity index (χ2n) is 5.93. The molecule has 1 aliphatic heterocycles. The van der Waals surface area contributed by atoms with Crippen LogP contribution in [0.4, 0.5) is 8.78 Å². The topological polar surface area (TPSA) is 32.3 Å². The predicted octanol–water partition coefficient (Wildman–Crippen LogP) is 3.22. The molecule has 21 heavy (non-hydrogen) atoms. The first-order valence-corrected chi connectivity index (χ1v) is 7.47. The zero-order valence-electron chi connectivity index (χ0n) is 12.5. The van der Waals surface area contributed by atoms with E-state index in [4.69, 9.17) is 0 Å². The molecule has 116 valence electrons. The van der Waals surface area contributed by atoms with Crippen molar-refractivity contribution in [1.82, 2.24) is 10.2 Å². The first-order valence-electron chi connectivity index (χ1n) is 7.47. The highest BCUT2D eigenvalue weighted by atomic mass is 19.1. The number of amides is 1. The highest BCUT2D eigenvalue weighted by Gasteiger charge is 2.32. The Labute approximate surface area is 124 Å². The third-order valence-electron chi connectivity index (χ3n) is 3.77. The molecule has 1 N–H and O–H groups in total. The van der Waals surface area contributed by atoms with Crippen molar-refractivity contribution in [1.29, 1.82) is 0 Å². The standard InChI is InChI=1S/C16H22F2N2O/c1-11(2)5-3-4-8-20-15(21)10-19-16(20)13-7-6-12(17)9-14(13)18/h6-7,9,11,16,19H,3-5,8,10H2,1-2H3. The second-order valence-corrected chi connectivity index (χ2v) is 5.93. The molecule has 0 bridgehead atoms. The summed E-state index contributed by atoms with van der Waals surface area (Å²) in [4.78, 5) is 13.6. The minimum Gasteiger partial charge on any atom is -0.322 e. The van der Waals surface area contributed by atoms with E-state index >= 15 is 0 Å². The Balaban J connectivity index is 2.02. The summed E-state index contributed by atoms with van der Waals surface area (Å²) in [5.74, 6) is -0.616. The smallest absolute Gasteiger partial charge is 0.238 e. The van der Waals surface area contributed by atoms with Gasteiger partial charge in [-0.15, -0.1) is 0 Å². The number of hydrogen-bond acceptors (Lipinski definition) is 2. The maximum Gasteiger partial charge on any atom is 0.238 e. The summed E-state index contributed by atoms with van der Waals surface area (Å²) in [5, 5.41) is 3.00. The minimum absolute atomic E-state index is 0.0340. The number of unbranched alkanes of at least 4 members (excludes halogenated alkanes) is 1. The summed E-state index contributed by atoms with van der Waals surface area (Å²) < 4.78 is 26.9. The summed E-state index contributed by atoms with van der Waals surface area (Å²) in [6.45, 7) is 5.13. The van der Waals surface area contributed by atoms with E-state index < -0.39 is 17.8 Å². The van der Waals surface area contributed by atoms with Crippen LogP contribution in [0.15, 0.2) is 18.2 Å². The Hall–Kier alpha value is -1.49. The average molecular weight is 296 g/mol. The normalized spacial score (nSPS) is 18.8. The molecule has 1 fully saturated rings. The van der Waals surface area contributed by atoms with Gasteiger partial charge in [0.1, 0.15) is 17.8 Å². The van der Waals surface area contributed by atoms with Crippen molar-refractivity contribution in [3.63, 3.8) is 0 Å². The van der Waals surface area contributed by atoms with Crippen LogP contribution in [-0.4, -0.2) is 23.9 Å². The first-order chi connectivity index (χ1) is 9.99. The summed E-state index contributed by atoms with van der Waals surface area (Å²) in [6, 6.07) is 3.48. The van der Waals surface area contributed by atoms with Crippen molar-refractivity contribution in [2.75, 3.05) is 13.1 Å². The van der Waals surface area contributed by atoms with Gasteiger partial charge in [0.15, 0.2) is 0 Å². The maximum atomic E-state index is 13.9. The molecule has 1 saturated heterocycles. The van der Waals surface area contributed by atoms with Gasteiger partial charge in [0.25, 0.3) is 0 Å². The van der Waals surface area contributed by atoms with Crippen LogP contribution >= 0.6 is 0 Å². The molecule has 2 rings (SSSR count). The molecule has 0 aromatic heterocycles. The Morgan fingerprint density at radius 2 is 2.10 bits per heavy atom. The SMILES string of the molecule is CC(C)CCCCN1C(=O)CNC1c1ccc(F)cc1F.